The van der Waals surface area contributed by atoms with Crippen LogP contribution in [0.1, 0.15) is 17.7 Å². The van der Waals surface area contributed by atoms with Crippen molar-refractivity contribution in [2.24, 2.45) is 5.10 Å². The Labute approximate surface area is 161 Å². The molecule has 1 aromatic heterocycles. The fraction of sp³-hybridized carbons (Fsp3) is 0.200. The van der Waals surface area contributed by atoms with Gasteiger partial charge < -0.3 is 14.5 Å². The summed E-state index contributed by atoms with van der Waals surface area (Å²) in [5, 5.41) is 3.94. The van der Waals surface area contributed by atoms with E-state index in [1.54, 1.807) is 37.4 Å². The third kappa shape index (κ3) is 4.35. The van der Waals surface area contributed by atoms with Gasteiger partial charge >= 0.3 is 0 Å². The highest BCUT2D eigenvalue weighted by molar-refractivity contribution is 5.86. The minimum absolute atomic E-state index is 0.0843. The second-order valence-corrected chi connectivity index (χ2v) is 5.91. The van der Waals surface area contributed by atoms with E-state index in [1.807, 2.05) is 12.1 Å². The Balaban J connectivity index is 1.62. The first-order valence-corrected chi connectivity index (χ1v) is 8.63. The zero-order valence-corrected chi connectivity index (χ0v) is 15.6. The number of nitrogens with zero attached hydrogens (tertiary/aromatic N) is 2. The number of amides is 1. The number of rotatable bonds is 7. The van der Waals surface area contributed by atoms with E-state index < -0.39 is 0 Å². The highest BCUT2D eigenvalue weighted by atomic mass is 16.5. The molecule has 0 saturated carbocycles. The number of aromatic nitrogens is 2. The highest BCUT2D eigenvalue weighted by Crippen LogP contribution is 2.29. The second kappa shape index (κ2) is 8.81. The first-order valence-electron chi connectivity index (χ1n) is 8.63. The monoisotopic (exact) mass is 380 g/mol. The highest BCUT2D eigenvalue weighted by Gasteiger charge is 2.09. The number of hydrogen-bond donors (Lipinski definition) is 2. The first-order chi connectivity index (χ1) is 13.6. The lowest BCUT2D eigenvalue weighted by molar-refractivity contribution is -0.121. The van der Waals surface area contributed by atoms with Crippen LogP contribution in [0.5, 0.6) is 11.5 Å². The van der Waals surface area contributed by atoms with Crippen molar-refractivity contribution < 1.29 is 14.3 Å². The van der Waals surface area contributed by atoms with Gasteiger partial charge in [-0.15, -0.1) is 0 Å². The van der Waals surface area contributed by atoms with Gasteiger partial charge in [-0.1, -0.05) is 18.2 Å². The zero-order valence-electron chi connectivity index (χ0n) is 15.6. The molecular weight excluding hydrogens is 360 g/mol. The van der Waals surface area contributed by atoms with Crippen molar-refractivity contribution in [1.29, 1.82) is 0 Å². The topological polar surface area (TPSA) is 106 Å². The minimum Gasteiger partial charge on any atom is -0.493 e. The van der Waals surface area contributed by atoms with Crippen LogP contribution in [0, 0.1) is 0 Å². The van der Waals surface area contributed by atoms with Gasteiger partial charge in [0.15, 0.2) is 11.5 Å². The number of methoxy groups -OCH3 is 2. The zero-order chi connectivity index (χ0) is 19.9. The average Bonchev–Trinajstić information content (AvgIpc) is 2.71. The van der Waals surface area contributed by atoms with Crippen LogP contribution < -0.4 is 20.5 Å². The Hall–Kier alpha value is -3.68. The summed E-state index contributed by atoms with van der Waals surface area (Å²) >= 11 is 0. The number of nitrogens with one attached hydrogen (secondary N) is 2. The van der Waals surface area contributed by atoms with Crippen LogP contribution in [-0.2, 0) is 11.2 Å². The first kappa shape index (κ1) is 19.1. The summed E-state index contributed by atoms with van der Waals surface area (Å²) in [5.74, 6) is 0.766. The predicted octanol–water partition coefficient (Wildman–Crippen LogP) is 2.02. The molecular formula is C20H20N4O4. The maximum absolute atomic E-state index is 12.1. The Morgan fingerprint density at radius 2 is 2.00 bits per heavy atom. The van der Waals surface area contributed by atoms with E-state index in [0.29, 0.717) is 33.8 Å². The van der Waals surface area contributed by atoms with E-state index in [1.165, 1.54) is 13.3 Å². The number of hydrazone groups is 1. The van der Waals surface area contributed by atoms with Crippen molar-refractivity contribution in [2.75, 3.05) is 14.2 Å². The lowest BCUT2D eigenvalue weighted by Crippen LogP contribution is -2.21. The quantitative estimate of drug-likeness (QED) is 0.482. The van der Waals surface area contributed by atoms with Crippen LogP contribution in [-0.4, -0.2) is 36.3 Å². The van der Waals surface area contributed by atoms with Gasteiger partial charge in [-0.25, -0.2) is 10.4 Å². The molecule has 0 aliphatic carbocycles. The number of aryl methyl sites for hydroxylation is 1. The molecule has 3 aromatic rings. The molecule has 0 atom stereocenters. The summed E-state index contributed by atoms with van der Waals surface area (Å²) < 4.78 is 10.5. The molecule has 0 unspecified atom stereocenters. The number of carbonyl (C=O) groups is 1. The summed E-state index contributed by atoms with van der Waals surface area (Å²) in [7, 11) is 3.07. The summed E-state index contributed by atoms with van der Waals surface area (Å²) in [6.07, 6.45) is 1.77. The van der Waals surface area contributed by atoms with Crippen molar-refractivity contribution in [2.45, 2.75) is 12.8 Å². The third-order valence-corrected chi connectivity index (χ3v) is 4.08. The fourth-order valence-electron chi connectivity index (χ4n) is 2.71. The number of ether oxygens (including phenoxy) is 2. The molecule has 8 nitrogen and oxygen atoms in total. The molecule has 1 heterocycles. The van der Waals surface area contributed by atoms with E-state index in [2.05, 4.69) is 20.5 Å². The van der Waals surface area contributed by atoms with Crippen molar-refractivity contribution in [3.63, 3.8) is 0 Å². The summed E-state index contributed by atoms with van der Waals surface area (Å²) in [6.45, 7) is 0. The fourth-order valence-corrected chi connectivity index (χ4v) is 2.71. The number of aromatic amines is 1. The van der Waals surface area contributed by atoms with E-state index in [9.17, 15) is 9.59 Å². The van der Waals surface area contributed by atoms with E-state index in [0.717, 1.165) is 0 Å². The van der Waals surface area contributed by atoms with Gasteiger partial charge in [-0.05, 0) is 24.3 Å². The molecule has 0 aliphatic heterocycles. The summed E-state index contributed by atoms with van der Waals surface area (Å²) in [4.78, 5) is 31.2. The lowest BCUT2D eigenvalue weighted by atomic mass is 10.2. The summed E-state index contributed by atoms with van der Waals surface area (Å²) in [6, 6.07) is 12.6. The van der Waals surface area contributed by atoms with Crippen molar-refractivity contribution >= 4 is 23.2 Å². The maximum atomic E-state index is 12.1. The molecule has 2 N–H and O–H groups in total. The maximum Gasteiger partial charge on any atom is 0.270 e. The number of H-pyrrole nitrogens is 1. The van der Waals surface area contributed by atoms with Crippen LogP contribution >= 0.6 is 0 Å². The number of fused-ring (bicyclic) bond motifs is 1. The average molecular weight is 380 g/mol. The Kier molecular flexibility index (Phi) is 6.01. The van der Waals surface area contributed by atoms with Crippen LogP contribution in [0.4, 0.5) is 0 Å². The molecule has 8 heteroatoms. The van der Waals surface area contributed by atoms with E-state index in [-0.39, 0.29) is 24.3 Å². The number of carbonyl (C=O) groups excluding carboxylic acids is 1. The van der Waals surface area contributed by atoms with Crippen molar-refractivity contribution in [3.05, 3.63) is 64.1 Å². The van der Waals surface area contributed by atoms with Gasteiger partial charge in [0.1, 0.15) is 5.69 Å². The van der Waals surface area contributed by atoms with Crippen LogP contribution in [0.2, 0.25) is 0 Å². The van der Waals surface area contributed by atoms with Gasteiger partial charge in [0.25, 0.3) is 5.56 Å². The van der Waals surface area contributed by atoms with Crippen LogP contribution in [0.3, 0.4) is 0 Å². The molecule has 0 bridgehead atoms. The number of hydrogen-bond acceptors (Lipinski definition) is 6. The molecule has 0 radical (unpaired) electrons. The molecule has 144 valence electrons. The van der Waals surface area contributed by atoms with Crippen molar-refractivity contribution in [3.8, 4) is 11.5 Å². The molecule has 1 amide bonds. The molecule has 3 rings (SSSR count). The minimum atomic E-state index is -0.326. The second-order valence-electron chi connectivity index (χ2n) is 5.91. The SMILES string of the molecule is COc1cccc(C=NNC(=O)CCc2nc3ccccc3[nH]c2=O)c1OC. The summed E-state index contributed by atoms with van der Waals surface area (Å²) in [5.41, 5.74) is 4.47. The Morgan fingerprint density at radius 1 is 1.18 bits per heavy atom. The van der Waals surface area contributed by atoms with Gasteiger partial charge in [-0.2, -0.15) is 5.10 Å². The van der Waals surface area contributed by atoms with Gasteiger partial charge in [0.2, 0.25) is 5.91 Å². The Morgan fingerprint density at radius 3 is 2.79 bits per heavy atom. The molecule has 0 fully saturated rings. The molecule has 2 aromatic carbocycles. The predicted molar refractivity (Wildman–Crippen MR) is 106 cm³/mol. The van der Waals surface area contributed by atoms with Crippen LogP contribution in [0.15, 0.2) is 52.4 Å². The van der Waals surface area contributed by atoms with Gasteiger partial charge in [-0.3, -0.25) is 9.59 Å². The molecule has 0 spiro atoms. The van der Waals surface area contributed by atoms with Gasteiger partial charge in [0.05, 0.1) is 31.5 Å². The molecule has 28 heavy (non-hydrogen) atoms. The van der Waals surface area contributed by atoms with E-state index in [4.69, 9.17) is 9.47 Å². The molecule has 0 aliphatic rings. The Bertz CT molecular complexity index is 1080. The van der Waals surface area contributed by atoms with Crippen LogP contribution in [0.25, 0.3) is 11.0 Å². The van der Waals surface area contributed by atoms with E-state index >= 15 is 0 Å². The molecule has 0 saturated heterocycles. The standard InChI is InChI=1S/C20H20N4O4/c1-27-17-9-5-6-13(19(17)28-2)12-21-24-18(25)11-10-16-20(26)23-15-8-4-3-7-14(15)22-16/h3-9,12H,10-11H2,1-2H3,(H,23,26)(H,24,25). The smallest absolute Gasteiger partial charge is 0.270 e. The lowest BCUT2D eigenvalue weighted by Gasteiger charge is -2.09. The largest absolute Gasteiger partial charge is 0.493 e. The third-order valence-electron chi connectivity index (χ3n) is 4.08. The normalized spacial score (nSPS) is 10.9. The number of benzene rings is 2. The van der Waals surface area contributed by atoms with Gasteiger partial charge in [0, 0.05) is 18.4 Å². The number of para-hydroxylation sites is 3. The van der Waals surface area contributed by atoms with Crippen molar-refractivity contribution in [1.82, 2.24) is 15.4 Å².